The quantitative estimate of drug-likeness (QED) is 0.622. The van der Waals surface area contributed by atoms with Crippen LogP contribution in [0.15, 0.2) is 12.1 Å². The van der Waals surface area contributed by atoms with Gasteiger partial charge in [-0.2, -0.15) is 5.26 Å². The van der Waals surface area contributed by atoms with Crippen LogP contribution in [0.4, 0.5) is 8.78 Å². The third-order valence-corrected chi connectivity index (χ3v) is 1.57. The number of halogens is 2. The van der Waals surface area contributed by atoms with Crippen LogP contribution < -0.4 is 0 Å². The zero-order valence-electron chi connectivity index (χ0n) is 6.77. The molecule has 66 valence electrons. The third-order valence-electron chi connectivity index (χ3n) is 1.57. The molecule has 0 saturated carbocycles. The zero-order chi connectivity index (χ0) is 10.0. The normalized spacial score (nSPS) is 9.38. The van der Waals surface area contributed by atoms with E-state index >= 15 is 0 Å². The summed E-state index contributed by atoms with van der Waals surface area (Å²) in [6.07, 6.45) is 0. The lowest BCUT2D eigenvalue weighted by Gasteiger charge is -2.01. The highest BCUT2D eigenvalue weighted by atomic mass is 19.1. The highest BCUT2D eigenvalue weighted by molar-refractivity contribution is 5.96. The number of rotatable bonds is 1. The molecule has 0 heterocycles. The summed E-state index contributed by atoms with van der Waals surface area (Å²) >= 11 is 0. The molecule has 1 aromatic rings. The van der Waals surface area contributed by atoms with Crippen molar-refractivity contribution in [3.05, 3.63) is 34.9 Å². The Kier molecular flexibility index (Phi) is 2.38. The van der Waals surface area contributed by atoms with Crippen molar-refractivity contribution >= 4 is 5.78 Å². The molecule has 4 heteroatoms. The molecule has 0 aliphatic heterocycles. The van der Waals surface area contributed by atoms with Gasteiger partial charge in [-0.15, -0.1) is 0 Å². The SMILES string of the molecule is CC(=O)c1c(F)ccc(F)c1C#N. The van der Waals surface area contributed by atoms with Crippen molar-refractivity contribution in [2.45, 2.75) is 6.92 Å². The summed E-state index contributed by atoms with van der Waals surface area (Å²) in [4.78, 5) is 10.8. The van der Waals surface area contributed by atoms with Crippen molar-refractivity contribution in [2.24, 2.45) is 0 Å². The number of ketones is 1. The Morgan fingerprint density at radius 2 is 1.92 bits per heavy atom. The van der Waals surface area contributed by atoms with Gasteiger partial charge in [0.15, 0.2) is 5.78 Å². The van der Waals surface area contributed by atoms with Gasteiger partial charge in [-0.05, 0) is 19.1 Å². The molecule has 0 fully saturated rings. The monoisotopic (exact) mass is 181 g/mol. The molecule has 0 radical (unpaired) electrons. The molecule has 0 saturated heterocycles. The largest absolute Gasteiger partial charge is 0.294 e. The second kappa shape index (κ2) is 3.31. The second-order valence-corrected chi connectivity index (χ2v) is 2.45. The molecule has 1 rings (SSSR count). The Hall–Kier alpha value is -1.76. The van der Waals surface area contributed by atoms with E-state index in [2.05, 4.69) is 0 Å². The minimum absolute atomic E-state index is 0.484. The zero-order valence-corrected chi connectivity index (χ0v) is 6.77. The molecule has 1 aromatic carbocycles. The van der Waals surface area contributed by atoms with Gasteiger partial charge in [0, 0.05) is 0 Å². The summed E-state index contributed by atoms with van der Waals surface area (Å²) < 4.78 is 25.8. The van der Waals surface area contributed by atoms with Gasteiger partial charge in [-0.3, -0.25) is 4.79 Å². The Morgan fingerprint density at radius 1 is 1.38 bits per heavy atom. The average molecular weight is 181 g/mol. The molecular formula is C9H5F2NO. The minimum Gasteiger partial charge on any atom is -0.294 e. The average Bonchev–Trinajstić information content (AvgIpc) is 2.07. The van der Waals surface area contributed by atoms with Crippen LogP contribution in [0.3, 0.4) is 0 Å². The predicted octanol–water partition coefficient (Wildman–Crippen LogP) is 2.04. The van der Waals surface area contributed by atoms with E-state index in [9.17, 15) is 13.6 Å². The fourth-order valence-electron chi connectivity index (χ4n) is 1.01. The highest BCUT2D eigenvalue weighted by Gasteiger charge is 2.16. The van der Waals surface area contributed by atoms with E-state index in [-0.39, 0.29) is 0 Å². The van der Waals surface area contributed by atoms with Gasteiger partial charge in [0.1, 0.15) is 23.3 Å². The van der Waals surface area contributed by atoms with Crippen LogP contribution in [0.5, 0.6) is 0 Å². The van der Waals surface area contributed by atoms with Crippen molar-refractivity contribution in [3.8, 4) is 6.07 Å². The topological polar surface area (TPSA) is 40.9 Å². The Morgan fingerprint density at radius 3 is 2.31 bits per heavy atom. The van der Waals surface area contributed by atoms with E-state index in [0.717, 1.165) is 19.1 Å². The van der Waals surface area contributed by atoms with Gasteiger partial charge in [0.2, 0.25) is 0 Å². The molecule has 0 aliphatic carbocycles. The van der Waals surface area contributed by atoms with E-state index in [1.54, 1.807) is 0 Å². The Labute approximate surface area is 73.4 Å². The van der Waals surface area contributed by atoms with Gasteiger partial charge in [-0.25, -0.2) is 8.78 Å². The summed E-state index contributed by atoms with van der Waals surface area (Å²) in [6.45, 7) is 1.08. The number of hydrogen-bond acceptors (Lipinski definition) is 2. The first-order chi connectivity index (χ1) is 6.07. The molecule has 13 heavy (non-hydrogen) atoms. The lowest BCUT2D eigenvalue weighted by molar-refractivity contribution is 0.101. The summed E-state index contributed by atoms with van der Waals surface area (Å²) in [5.41, 5.74) is -1.02. The fourth-order valence-corrected chi connectivity index (χ4v) is 1.01. The van der Waals surface area contributed by atoms with Gasteiger partial charge < -0.3 is 0 Å². The molecule has 0 amide bonds. The molecule has 0 aromatic heterocycles. The Bertz CT molecular complexity index is 407. The minimum atomic E-state index is -0.880. The van der Waals surface area contributed by atoms with Crippen molar-refractivity contribution in [1.29, 1.82) is 5.26 Å². The number of hydrogen-bond donors (Lipinski definition) is 0. The number of nitriles is 1. The van der Waals surface area contributed by atoms with Crippen LogP contribution in [0.25, 0.3) is 0 Å². The molecular weight excluding hydrogens is 176 g/mol. The first-order valence-electron chi connectivity index (χ1n) is 3.47. The summed E-state index contributed by atoms with van der Waals surface area (Å²) in [7, 11) is 0. The number of carbonyl (C=O) groups excluding carboxylic acids is 1. The molecule has 0 unspecified atom stereocenters. The first kappa shape index (κ1) is 9.33. The predicted molar refractivity (Wildman–Crippen MR) is 41.1 cm³/mol. The highest BCUT2D eigenvalue weighted by Crippen LogP contribution is 2.16. The summed E-state index contributed by atoms with van der Waals surface area (Å²) in [5.74, 6) is -2.41. The van der Waals surface area contributed by atoms with E-state index in [1.807, 2.05) is 0 Å². The molecule has 2 nitrogen and oxygen atoms in total. The number of benzene rings is 1. The fraction of sp³-hybridized carbons (Fsp3) is 0.111. The smallest absolute Gasteiger partial charge is 0.164 e. The van der Waals surface area contributed by atoms with Crippen LogP contribution in [0.1, 0.15) is 22.8 Å². The van der Waals surface area contributed by atoms with Crippen molar-refractivity contribution in [3.63, 3.8) is 0 Å². The maximum atomic E-state index is 12.9. The molecule has 0 spiro atoms. The number of nitrogens with zero attached hydrogens (tertiary/aromatic N) is 1. The van der Waals surface area contributed by atoms with Gasteiger partial charge in [0.25, 0.3) is 0 Å². The van der Waals surface area contributed by atoms with Crippen LogP contribution in [0, 0.1) is 23.0 Å². The van der Waals surface area contributed by atoms with Gasteiger partial charge >= 0.3 is 0 Å². The number of carbonyl (C=O) groups is 1. The maximum Gasteiger partial charge on any atom is 0.164 e. The number of Topliss-reactive ketones (excluding diaryl/α,β-unsaturated/α-hetero) is 1. The van der Waals surface area contributed by atoms with E-state index < -0.39 is 28.5 Å². The lowest BCUT2D eigenvalue weighted by Crippen LogP contribution is -2.03. The van der Waals surface area contributed by atoms with E-state index in [1.165, 1.54) is 6.07 Å². The van der Waals surface area contributed by atoms with Crippen molar-refractivity contribution < 1.29 is 13.6 Å². The van der Waals surface area contributed by atoms with Crippen LogP contribution >= 0.6 is 0 Å². The Balaban J connectivity index is 3.55. The van der Waals surface area contributed by atoms with E-state index in [4.69, 9.17) is 5.26 Å². The van der Waals surface area contributed by atoms with Crippen molar-refractivity contribution in [1.82, 2.24) is 0 Å². The van der Waals surface area contributed by atoms with Gasteiger partial charge in [0.05, 0.1) is 5.56 Å². The first-order valence-corrected chi connectivity index (χ1v) is 3.47. The second-order valence-electron chi connectivity index (χ2n) is 2.45. The molecule has 0 N–H and O–H groups in total. The van der Waals surface area contributed by atoms with Crippen LogP contribution in [-0.2, 0) is 0 Å². The molecule has 0 aliphatic rings. The van der Waals surface area contributed by atoms with Crippen LogP contribution in [0.2, 0.25) is 0 Å². The molecule has 0 atom stereocenters. The lowest BCUT2D eigenvalue weighted by atomic mass is 10.0. The summed E-state index contributed by atoms with van der Waals surface area (Å²) in [5, 5.41) is 8.46. The van der Waals surface area contributed by atoms with Crippen LogP contribution in [-0.4, -0.2) is 5.78 Å². The van der Waals surface area contributed by atoms with Crippen molar-refractivity contribution in [2.75, 3.05) is 0 Å². The van der Waals surface area contributed by atoms with Gasteiger partial charge in [-0.1, -0.05) is 0 Å². The molecule has 0 bridgehead atoms. The van der Waals surface area contributed by atoms with E-state index in [0.29, 0.717) is 0 Å². The maximum absolute atomic E-state index is 12.9. The summed E-state index contributed by atoms with van der Waals surface area (Å²) in [6, 6.07) is 3.10. The standard InChI is InChI=1S/C9H5F2NO/c1-5(13)9-6(4-12)7(10)2-3-8(9)11/h2-3H,1H3. The third kappa shape index (κ3) is 1.54.